The van der Waals surface area contributed by atoms with Crippen molar-refractivity contribution >= 4 is 28.7 Å². The zero-order valence-corrected chi connectivity index (χ0v) is 16.6. The predicted octanol–water partition coefficient (Wildman–Crippen LogP) is 2.61. The van der Waals surface area contributed by atoms with Crippen LogP contribution in [0.15, 0.2) is 23.2 Å². The molecule has 1 aromatic heterocycles. The molecule has 1 aliphatic rings. The molecule has 0 radical (unpaired) electrons. The van der Waals surface area contributed by atoms with Crippen LogP contribution in [0.3, 0.4) is 0 Å². The number of carbonyl (C=O) groups is 2. The van der Waals surface area contributed by atoms with Gasteiger partial charge in [0.15, 0.2) is 0 Å². The van der Waals surface area contributed by atoms with Crippen molar-refractivity contribution in [2.75, 3.05) is 47.1 Å². The topological polar surface area (TPSA) is 59.1 Å². The van der Waals surface area contributed by atoms with Gasteiger partial charge in [0, 0.05) is 38.7 Å². The number of imide groups is 1. The summed E-state index contributed by atoms with van der Waals surface area (Å²) in [5.41, 5.74) is 0.983. The Kier molecular flexibility index (Phi) is 8.28. The Morgan fingerprint density at radius 3 is 2.31 bits per heavy atom. The van der Waals surface area contributed by atoms with E-state index >= 15 is 0 Å². The fraction of sp³-hybridized carbons (Fsp3) is 0.579. The highest BCUT2D eigenvalue weighted by Gasteiger charge is 2.41. The lowest BCUT2D eigenvalue weighted by Gasteiger charge is -2.25. The summed E-state index contributed by atoms with van der Waals surface area (Å²) in [5, 5.41) is 1.92. The highest BCUT2D eigenvalue weighted by Crippen LogP contribution is 2.34. The molecular weight excluding hydrogens is 352 g/mol. The molecule has 144 valence electrons. The number of methoxy groups -OCH3 is 2. The summed E-state index contributed by atoms with van der Waals surface area (Å²) in [5.74, 6) is -0.398. The number of thiophene rings is 1. The van der Waals surface area contributed by atoms with Gasteiger partial charge in [-0.25, -0.2) is 0 Å². The third-order valence-corrected chi connectivity index (χ3v) is 5.23. The molecule has 0 unspecified atom stereocenters. The Bertz CT molecular complexity index is 619. The van der Waals surface area contributed by atoms with Gasteiger partial charge in [-0.05, 0) is 17.9 Å². The van der Waals surface area contributed by atoms with Crippen LogP contribution in [0.1, 0.15) is 31.1 Å². The van der Waals surface area contributed by atoms with Crippen molar-refractivity contribution in [3.8, 4) is 0 Å². The fourth-order valence-corrected chi connectivity index (χ4v) is 3.72. The van der Waals surface area contributed by atoms with E-state index < -0.39 is 0 Å². The minimum atomic E-state index is -0.207. The maximum Gasteiger partial charge on any atom is 0.277 e. The van der Waals surface area contributed by atoms with Gasteiger partial charge in [-0.15, -0.1) is 11.3 Å². The second kappa shape index (κ2) is 10.4. The molecule has 0 fully saturated rings. The number of rotatable bonds is 12. The van der Waals surface area contributed by atoms with Crippen LogP contribution in [0.25, 0.3) is 5.57 Å². The summed E-state index contributed by atoms with van der Waals surface area (Å²) in [4.78, 5) is 30.3. The molecule has 2 heterocycles. The molecule has 26 heavy (non-hydrogen) atoms. The Hall–Kier alpha value is -1.70. The van der Waals surface area contributed by atoms with Crippen molar-refractivity contribution in [2.45, 2.75) is 26.2 Å². The lowest BCUT2D eigenvalue weighted by Crippen LogP contribution is -2.38. The molecule has 0 bridgehead atoms. The largest absolute Gasteiger partial charge is 0.383 e. The van der Waals surface area contributed by atoms with Gasteiger partial charge >= 0.3 is 0 Å². The third-order valence-electron chi connectivity index (χ3n) is 4.34. The highest BCUT2D eigenvalue weighted by molar-refractivity contribution is 7.11. The lowest BCUT2D eigenvalue weighted by atomic mass is 10.1. The van der Waals surface area contributed by atoms with Crippen LogP contribution in [0.2, 0.25) is 0 Å². The van der Waals surface area contributed by atoms with E-state index in [4.69, 9.17) is 9.47 Å². The normalized spacial score (nSPS) is 14.7. The van der Waals surface area contributed by atoms with Gasteiger partial charge in [-0.1, -0.05) is 25.8 Å². The van der Waals surface area contributed by atoms with Crippen LogP contribution < -0.4 is 0 Å². The summed E-state index contributed by atoms with van der Waals surface area (Å²) in [6, 6.07) is 3.79. The summed E-state index contributed by atoms with van der Waals surface area (Å²) in [6.45, 7) is 4.58. The Labute approximate surface area is 159 Å². The Morgan fingerprint density at radius 1 is 1.08 bits per heavy atom. The van der Waals surface area contributed by atoms with Crippen molar-refractivity contribution < 1.29 is 19.1 Å². The van der Waals surface area contributed by atoms with Gasteiger partial charge in [0.05, 0.1) is 18.8 Å². The molecule has 0 saturated heterocycles. The van der Waals surface area contributed by atoms with Gasteiger partial charge < -0.3 is 14.4 Å². The van der Waals surface area contributed by atoms with Crippen LogP contribution >= 0.6 is 11.3 Å². The minimum absolute atomic E-state index is 0.191. The minimum Gasteiger partial charge on any atom is -0.383 e. The summed E-state index contributed by atoms with van der Waals surface area (Å²) < 4.78 is 10.4. The van der Waals surface area contributed by atoms with E-state index in [9.17, 15) is 9.59 Å². The Balaban J connectivity index is 2.36. The van der Waals surface area contributed by atoms with E-state index in [1.165, 1.54) is 16.2 Å². The number of unbranched alkanes of at least 4 members (excludes halogenated alkanes) is 2. The molecule has 1 aromatic rings. The smallest absolute Gasteiger partial charge is 0.277 e. The highest BCUT2D eigenvalue weighted by atomic mass is 32.1. The van der Waals surface area contributed by atoms with Crippen molar-refractivity contribution in [1.29, 1.82) is 0 Å². The van der Waals surface area contributed by atoms with Gasteiger partial charge in [-0.2, -0.15) is 0 Å². The second-order valence-electron chi connectivity index (χ2n) is 6.14. The number of amides is 2. The molecule has 0 N–H and O–H groups in total. The van der Waals surface area contributed by atoms with E-state index in [0.717, 1.165) is 24.1 Å². The zero-order valence-electron chi connectivity index (χ0n) is 15.8. The first kappa shape index (κ1) is 20.6. The molecule has 0 aliphatic carbocycles. The molecule has 2 amide bonds. The van der Waals surface area contributed by atoms with Crippen molar-refractivity contribution in [2.24, 2.45) is 0 Å². The molecular formula is C19H28N2O4S. The van der Waals surface area contributed by atoms with E-state index in [1.807, 2.05) is 22.4 Å². The number of hydrogen-bond donors (Lipinski definition) is 0. The number of carbonyl (C=O) groups excluding carboxylic acids is 2. The zero-order chi connectivity index (χ0) is 18.9. The van der Waals surface area contributed by atoms with Crippen LogP contribution in [-0.4, -0.2) is 68.7 Å². The predicted molar refractivity (Wildman–Crippen MR) is 103 cm³/mol. The monoisotopic (exact) mass is 380 g/mol. The number of nitrogens with zero attached hydrogens (tertiary/aromatic N) is 2. The first-order valence-electron chi connectivity index (χ1n) is 9.02. The van der Waals surface area contributed by atoms with Crippen molar-refractivity contribution in [1.82, 2.24) is 9.80 Å². The number of ether oxygens (including phenoxy) is 2. The maximum absolute atomic E-state index is 13.1. The molecule has 0 saturated carbocycles. The average Bonchev–Trinajstić information content (AvgIpc) is 3.24. The molecule has 7 heteroatoms. The van der Waals surface area contributed by atoms with Gasteiger partial charge in [0.1, 0.15) is 5.70 Å². The second-order valence-corrected chi connectivity index (χ2v) is 7.09. The third kappa shape index (κ3) is 4.72. The molecule has 0 aromatic carbocycles. The van der Waals surface area contributed by atoms with Crippen LogP contribution in [0, 0.1) is 0 Å². The maximum atomic E-state index is 13.1. The average molecular weight is 381 g/mol. The molecule has 0 atom stereocenters. The molecule has 0 spiro atoms. The molecule has 1 aliphatic heterocycles. The first-order chi connectivity index (χ1) is 12.7. The number of hydrogen-bond acceptors (Lipinski definition) is 6. The van der Waals surface area contributed by atoms with Crippen LogP contribution in [0.4, 0.5) is 0 Å². The van der Waals surface area contributed by atoms with Crippen LogP contribution in [-0.2, 0) is 19.1 Å². The van der Waals surface area contributed by atoms with E-state index in [-0.39, 0.29) is 11.8 Å². The lowest BCUT2D eigenvalue weighted by molar-refractivity contribution is -0.137. The van der Waals surface area contributed by atoms with E-state index in [0.29, 0.717) is 44.1 Å². The van der Waals surface area contributed by atoms with Gasteiger partial charge in [0.2, 0.25) is 0 Å². The first-order valence-corrected chi connectivity index (χ1v) is 9.90. The van der Waals surface area contributed by atoms with Crippen molar-refractivity contribution in [3.05, 3.63) is 28.1 Å². The van der Waals surface area contributed by atoms with E-state index in [1.54, 1.807) is 14.2 Å². The fourth-order valence-electron chi connectivity index (χ4n) is 2.96. The summed E-state index contributed by atoms with van der Waals surface area (Å²) in [6.07, 6.45) is 2.87. The van der Waals surface area contributed by atoms with Crippen molar-refractivity contribution in [3.63, 3.8) is 0 Å². The summed E-state index contributed by atoms with van der Waals surface area (Å²) >= 11 is 1.48. The molecule has 6 nitrogen and oxygen atoms in total. The van der Waals surface area contributed by atoms with Gasteiger partial charge in [0.25, 0.3) is 11.8 Å². The Morgan fingerprint density at radius 2 is 1.77 bits per heavy atom. The SMILES string of the molecule is CCCCCN1C(=O)C(c2cccs2)=C(N(CCOC)CCOC)C1=O. The summed E-state index contributed by atoms with van der Waals surface area (Å²) in [7, 11) is 3.25. The van der Waals surface area contributed by atoms with Crippen LogP contribution in [0.5, 0.6) is 0 Å². The van der Waals surface area contributed by atoms with Gasteiger partial charge in [-0.3, -0.25) is 14.5 Å². The quantitative estimate of drug-likeness (QED) is 0.412. The van der Waals surface area contributed by atoms with E-state index in [2.05, 4.69) is 6.92 Å². The molecule has 2 rings (SSSR count). The standard InChI is InChI=1S/C19H28N2O4S/c1-4-5-6-9-21-18(22)16(15-8-7-14-26-15)17(19(21)23)20(10-12-24-2)11-13-25-3/h7-8,14H,4-6,9-13H2,1-3H3.